The highest BCUT2D eigenvalue weighted by Gasteiger charge is 2.20. The molecule has 0 saturated carbocycles. The zero-order chi connectivity index (χ0) is 19.9. The van der Waals surface area contributed by atoms with Crippen molar-refractivity contribution in [3.8, 4) is 0 Å². The Morgan fingerprint density at radius 3 is 2.18 bits per heavy atom. The lowest BCUT2D eigenvalue weighted by Gasteiger charge is -2.22. The second kappa shape index (κ2) is 9.23. The molecule has 2 aromatic carbocycles. The molecule has 28 heavy (non-hydrogen) atoms. The second-order valence-electron chi connectivity index (χ2n) is 6.29. The Hall–Kier alpha value is -3.06. The highest BCUT2D eigenvalue weighted by Crippen LogP contribution is 2.25. The number of alkyl halides is 2. The van der Waals surface area contributed by atoms with E-state index in [0.717, 1.165) is 15.7 Å². The van der Waals surface area contributed by atoms with Crippen molar-refractivity contribution in [2.75, 3.05) is 13.7 Å². The van der Waals surface area contributed by atoms with E-state index in [1.54, 1.807) is 0 Å². The summed E-state index contributed by atoms with van der Waals surface area (Å²) >= 11 is 0. The van der Waals surface area contributed by atoms with Crippen LogP contribution in [-0.2, 0) is 16.1 Å². The fourth-order valence-corrected chi connectivity index (χ4v) is 2.85. The molecular formula is C21H21F2N3O2. The van der Waals surface area contributed by atoms with E-state index in [9.17, 15) is 13.6 Å². The number of amides is 1. The van der Waals surface area contributed by atoms with Crippen LogP contribution in [0.15, 0.2) is 73.1 Å². The summed E-state index contributed by atoms with van der Waals surface area (Å²) in [6.45, 7) is -2.90. The van der Waals surface area contributed by atoms with Crippen molar-refractivity contribution in [3.05, 3.63) is 90.0 Å². The number of hydrogen-bond acceptors (Lipinski definition) is 3. The van der Waals surface area contributed by atoms with Gasteiger partial charge in [-0.1, -0.05) is 60.7 Å². The number of carbonyl (C=O) groups is 1. The second-order valence-corrected chi connectivity index (χ2v) is 6.29. The molecule has 1 amide bonds. The number of nitrogens with zero attached hydrogens (tertiary/aromatic N) is 3. The van der Waals surface area contributed by atoms with Crippen LogP contribution < -0.4 is 0 Å². The Bertz CT molecular complexity index is 845. The predicted octanol–water partition coefficient (Wildman–Crippen LogP) is 4.04. The molecule has 1 heterocycles. The van der Waals surface area contributed by atoms with E-state index >= 15 is 0 Å². The first-order chi connectivity index (χ1) is 13.6. The molecule has 0 atom stereocenters. The number of aromatic nitrogens is 2. The average molecular weight is 385 g/mol. The number of benzene rings is 2. The van der Waals surface area contributed by atoms with Gasteiger partial charge in [0.25, 0.3) is 0 Å². The molecule has 0 bridgehead atoms. The first kappa shape index (κ1) is 19.7. The molecule has 3 rings (SSSR count). The zero-order valence-electron chi connectivity index (χ0n) is 15.4. The van der Waals surface area contributed by atoms with Gasteiger partial charge in [0.2, 0.25) is 5.91 Å². The molecule has 3 aromatic rings. The molecule has 1 aromatic heterocycles. The van der Waals surface area contributed by atoms with Crippen LogP contribution >= 0.6 is 0 Å². The molecular weight excluding hydrogens is 364 g/mol. The van der Waals surface area contributed by atoms with Gasteiger partial charge in [-0.3, -0.25) is 9.36 Å². The summed E-state index contributed by atoms with van der Waals surface area (Å²) in [5.74, 6) is -0.200. The van der Waals surface area contributed by atoms with Gasteiger partial charge in [-0.25, -0.2) is 4.98 Å². The molecule has 5 nitrogen and oxygen atoms in total. The van der Waals surface area contributed by atoms with Crippen molar-refractivity contribution in [1.29, 1.82) is 0 Å². The fourth-order valence-electron chi connectivity index (χ4n) is 2.85. The van der Waals surface area contributed by atoms with Crippen LogP contribution in [0.4, 0.5) is 8.78 Å². The minimum atomic E-state index is -2.70. The molecule has 0 fully saturated rings. The minimum absolute atomic E-state index is 0.0269. The molecule has 0 N–H and O–H groups in total. The van der Waals surface area contributed by atoms with Crippen LogP contribution in [0.1, 0.15) is 29.6 Å². The predicted molar refractivity (Wildman–Crippen MR) is 101 cm³/mol. The fraction of sp³-hybridized carbons (Fsp3) is 0.238. The topological polar surface area (TPSA) is 47.4 Å². The molecule has 0 spiro atoms. The Labute approximate surface area is 162 Å². The number of hydrogen-bond donors (Lipinski definition) is 0. The maximum atomic E-state index is 12.9. The molecule has 0 saturated heterocycles. The SMILES string of the molecule is CN(Cc1nccn1C(F)F)C(=O)COC(c1ccccc1)c1ccccc1. The summed E-state index contributed by atoms with van der Waals surface area (Å²) in [5, 5.41) is 0. The number of carbonyl (C=O) groups excluding carboxylic acids is 1. The third-order valence-corrected chi connectivity index (χ3v) is 4.34. The largest absolute Gasteiger partial charge is 0.359 e. The molecule has 146 valence electrons. The van der Waals surface area contributed by atoms with Crippen molar-refractivity contribution in [2.45, 2.75) is 19.2 Å². The van der Waals surface area contributed by atoms with Crippen LogP contribution in [0.2, 0.25) is 0 Å². The van der Waals surface area contributed by atoms with Crippen LogP contribution in [0.25, 0.3) is 0 Å². The van der Waals surface area contributed by atoms with Crippen LogP contribution in [0.3, 0.4) is 0 Å². The minimum Gasteiger partial charge on any atom is -0.359 e. The van der Waals surface area contributed by atoms with Crippen LogP contribution in [-0.4, -0.2) is 34.0 Å². The molecule has 0 aliphatic heterocycles. The summed E-state index contributed by atoms with van der Waals surface area (Å²) in [7, 11) is 1.54. The van der Waals surface area contributed by atoms with E-state index in [2.05, 4.69) is 4.98 Å². The molecule has 0 radical (unpaired) electrons. The lowest BCUT2D eigenvalue weighted by Crippen LogP contribution is -2.31. The Morgan fingerprint density at radius 1 is 1.07 bits per heavy atom. The monoisotopic (exact) mass is 385 g/mol. The van der Waals surface area contributed by atoms with Gasteiger partial charge in [-0.2, -0.15) is 8.78 Å². The van der Waals surface area contributed by atoms with E-state index in [1.165, 1.54) is 24.3 Å². The first-order valence-electron chi connectivity index (χ1n) is 8.81. The summed E-state index contributed by atoms with van der Waals surface area (Å²) < 4.78 is 32.5. The molecule has 0 aliphatic carbocycles. The van der Waals surface area contributed by atoms with Gasteiger partial charge in [-0.05, 0) is 11.1 Å². The van der Waals surface area contributed by atoms with Crippen LogP contribution in [0, 0.1) is 0 Å². The maximum Gasteiger partial charge on any atom is 0.319 e. The van der Waals surface area contributed by atoms with Crippen molar-refractivity contribution in [1.82, 2.24) is 14.5 Å². The van der Waals surface area contributed by atoms with Crippen molar-refractivity contribution < 1.29 is 18.3 Å². The van der Waals surface area contributed by atoms with E-state index in [4.69, 9.17) is 4.74 Å². The molecule has 7 heteroatoms. The van der Waals surface area contributed by atoms with Crippen molar-refractivity contribution in [3.63, 3.8) is 0 Å². The van der Waals surface area contributed by atoms with Crippen molar-refractivity contribution >= 4 is 5.91 Å². The van der Waals surface area contributed by atoms with E-state index < -0.39 is 12.7 Å². The third-order valence-electron chi connectivity index (χ3n) is 4.34. The van der Waals surface area contributed by atoms with Crippen LogP contribution in [0.5, 0.6) is 0 Å². The van der Waals surface area contributed by atoms with Gasteiger partial charge >= 0.3 is 6.55 Å². The highest BCUT2D eigenvalue weighted by atomic mass is 19.3. The average Bonchev–Trinajstić information content (AvgIpc) is 3.18. The smallest absolute Gasteiger partial charge is 0.319 e. The van der Waals surface area contributed by atoms with Gasteiger partial charge in [0.05, 0.1) is 6.54 Å². The van der Waals surface area contributed by atoms with Gasteiger partial charge in [0.15, 0.2) is 0 Å². The van der Waals surface area contributed by atoms with Crippen molar-refractivity contribution in [2.24, 2.45) is 0 Å². The summed E-state index contributed by atoms with van der Waals surface area (Å²) in [6, 6.07) is 19.2. The summed E-state index contributed by atoms with van der Waals surface area (Å²) in [4.78, 5) is 17.7. The van der Waals surface area contributed by atoms with E-state index in [-0.39, 0.29) is 24.9 Å². The van der Waals surface area contributed by atoms with Gasteiger partial charge in [0.1, 0.15) is 18.5 Å². The Morgan fingerprint density at radius 2 is 1.64 bits per heavy atom. The van der Waals surface area contributed by atoms with Gasteiger partial charge in [0, 0.05) is 19.4 Å². The summed E-state index contributed by atoms with van der Waals surface area (Å²) in [6.07, 6.45) is 2.08. The molecule has 0 unspecified atom stereocenters. The quantitative estimate of drug-likeness (QED) is 0.588. The first-order valence-corrected chi connectivity index (χ1v) is 8.81. The number of likely N-dealkylation sites (N-methyl/N-ethyl adjacent to an activating group) is 1. The maximum absolute atomic E-state index is 12.9. The van der Waals surface area contributed by atoms with Gasteiger partial charge < -0.3 is 9.64 Å². The Kier molecular flexibility index (Phi) is 6.49. The standard InChI is InChI=1S/C21H21F2N3O2/c1-25(14-18-24-12-13-26(18)21(22)23)19(27)15-28-20(16-8-4-2-5-9-16)17-10-6-3-7-11-17/h2-13,20-21H,14-15H2,1H3. The summed E-state index contributed by atoms with van der Waals surface area (Å²) in [5.41, 5.74) is 1.86. The lowest BCUT2D eigenvalue weighted by atomic mass is 10.0. The number of ether oxygens (including phenoxy) is 1. The number of halogens is 2. The lowest BCUT2D eigenvalue weighted by molar-refractivity contribution is -0.137. The zero-order valence-corrected chi connectivity index (χ0v) is 15.4. The Balaban J connectivity index is 1.67. The van der Waals surface area contributed by atoms with Gasteiger partial charge in [-0.15, -0.1) is 0 Å². The number of rotatable bonds is 8. The number of imidazole rings is 1. The highest BCUT2D eigenvalue weighted by molar-refractivity contribution is 5.77. The molecule has 0 aliphatic rings. The third kappa shape index (κ3) is 4.80. The van der Waals surface area contributed by atoms with E-state index in [1.807, 2.05) is 60.7 Å². The van der Waals surface area contributed by atoms with E-state index in [0.29, 0.717) is 0 Å². The normalized spacial score (nSPS) is 11.2.